The van der Waals surface area contributed by atoms with Crippen molar-refractivity contribution < 1.29 is 52.3 Å². The summed E-state index contributed by atoms with van der Waals surface area (Å²) < 4.78 is 46.3. The van der Waals surface area contributed by atoms with Gasteiger partial charge in [-0.2, -0.15) is 5.26 Å². The van der Waals surface area contributed by atoms with Crippen LogP contribution < -0.4 is 34.3 Å². The number of carbonyl (C=O) groups is 3. The number of aryl methyl sites for hydroxylation is 1. The average Bonchev–Trinajstić information content (AvgIpc) is 3.63. The maximum absolute atomic E-state index is 13.7. The van der Waals surface area contributed by atoms with E-state index in [4.69, 9.17) is 37.9 Å². The summed E-state index contributed by atoms with van der Waals surface area (Å²) in [6.45, 7) is 13.9. The van der Waals surface area contributed by atoms with Gasteiger partial charge in [0.15, 0.2) is 29.8 Å². The summed E-state index contributed by atoms with van der Waals surface area (Å²) >= 11 is 0. The van der Waals surface area contributed by atoms with Gasteiger partial charge < -0.3 is 48.5 Å². The SMILES string of the molecule is C=CCOC(=O)Oc1c(C)c2c(c3c1CC1C4c5c(cc(C)c(OC)c5OCOC)C[C@H]([C@H](C#N)N1[C@H]3CNC(=O)C(C)NC(=O)OC(C)(C)C)N4C)OCO2. The van der Waals surface area contributed by atoms with Gasteiger partial charge in [-0.25, -0.2) is 9.59 Å². The molecule has 1 fully saturated rings. The summed E-state index contributed by atoms with van der Waals surface area (Å²) in [5, 5.41) is 16.7. The lowest BCUT2D eigenvalue weighted by Gasteiger charge is -2.60. The molecule has 16 nitrogen and oxygen atoms in total. The number of methoxy groups -OCH3 is 2. The minimum Gasteiger partial charge on any atom is -0.493 e. The number of piperazine rings is 1. The Balaban J connectivity index is 1.52. The first kappa shape index (κ1) is 40.4. The fourth-order valence-electron chi connectivity index (χ4n) is 8.54. The van der Waals surface area contributed by atoms with Crippen LogP contribution >= 0.6 is 0 Å². The van der Waals surface area contributed by atoms with Gasteiger partial charge in [0.2, 0.25) is 12.7 Å². The van der Waals surface area contributed by atoms with Crippen molar-refractivity contribution in [3.8, 4) is 34.8 Å². The Morgan fingerprint density at radius 3 is 2.48 bits per heavy atom. The standard InChI is InChI=1S/C40H51N5O11/c1-11-12-51-39(48)55-33-21(3)34-36(54-19-53-34)30-24(33)15-26-31-29-23(13-20(2)32(50-10)35(29)52-18-49-9)14-25(44(31)8)27(16-41)45(26)28(30)17-42-37(46)22(4)43-38(47)56-40(5,6)7/h11,13,22,25-28,31H,1,12,14-15,17-19H2,2-10H3,(H,42,46)(H,43,47)/t22?,25-,26?,27+,28+,31?/m1/s1. The molecule has 3 unspecified atom stereocenters. The third-order valence-electron chi connectivity index (χ3n) is 10.7. The predicted octanol–water partition coefficient (Wildman–Crippen LogP) is 4.53. The van der Waals surface area contributed by atoms with Crippen LogP contribution in [0.4, 0.5) is 9.59 Å². The van der Waals surface area contributed by atoms with Crippen LogP contribution in [-0.2, 0) is 31.8 Å². The number of carbonyl (C=O) groups excluding carboxylic acids is 3. The lowest BCUT2D eigenvalue weighted by Crippen LogP contribution is -2.69. The fraction of sp³-hybridized carbons (Fsp3) is 0.550. The van der Waals surface area contributed by atoms with E-state index >= 15 is 0 Å². The second-order valence-corrected chi connectivity index (χ2v) is 15.3. The zero-order valence-corrected chi connectivity index (χ0v) is 33.4. The molecule has 2 N–H and O–H groups in total. The van der Waals surface area contributed by atoms with Gasteiger partial charge in [-0.3, -0.25) is 14.6 Å². The highest BCUT2D eigenvalue weighted by Gasteiger charge is 2.57. The quantitative estimate of drug-likeness (QED) is 0.141. The smallest absolute Gasteiger partial charge is 0.493 e. The lowest BCUT2D eigenvalue weighted by atomic mass is 9.71. The number of likely N-dealkylation sites (N-methyl/N-ethyl adjacent to an activating group) is 1. The summed E-state index contributed by atoms with van der Waals surface area (Å²) in [4.78, 5) is 43.7. The highest BCUT2D eigenvalue weighted by Crippen LogP contribution is 2.58. The third kappa shape index (κ3) is 7.38. The van der Waals surface area contributed by atoms with E-state index in [2.05, 4.69) is 39.1 Å². The largest absolute Gasteiger partial charge is 0.514 e. The molecule has 0 saturated carbocycles. The molecule has 302 valence electrons. The number of rotatable bonds is 11. The summed E-state index contributed by atoms with van der Waals surface area (Å²) in [6.07, 6.45) is 0.582. The van der Waals surface area contributed by atoms with Gasteiger partial charge in [-0.15, -0.1) is 0 Å². The highest BCUT2D eigenvalue weighted by atomic mass is 16.7. The normalized spacial score (nSPS) is 22.6. The van der Waals surface area contributed by atoms with Crippen molar-refractivity contribution in [3.05, 3.63) is 52.1 Å². The van der Waals surface area contributed by atoms with Gasteiger partial charge in [0.05, 0.1) is 25.3 Å². The van der Waals surface area contributed by atoms with Gasteiger partial charge in [-0.1, -0.05) is 18.7 Å². The number of hydrogen-bond donors (Lipinski definition) is 2. The average molecular weight is 778 g/mol. The molecular weight excluding hydrogens is 726 g/mol. The van der Waals surface area contributed by atoms with E-state index in [1.54, 1.807) is 48.8 Å². The molecule has 56 heavy (non-hydrogen) atoms. The first-order valence-corrected chi connectivity index (χ1v) is 18.5. The fourth-order valence-corrected chi connectivity index (χ4v) is 8.54. The van der Waals surface area contributed by atoms with Crippen molar-refractivity contribution in [3.63, 3.8) is 0 Å². The maximum atomic E-state index is 13.7. The van der Waals surface area contributed by atoms with Crippen LogP contribution in [0.3, 0.4) is 0 Å². The van der Waals surface area contributed by atoms with Crippen LogP contribution in [0.2, 0.25) is 0 Å². The van der Waals surface area contributed by atoms with Gasteiger partial charge in [0.1, 0.15) is 30.0 Å². The van der Waals surface area contributed by atoms with Crippen LogP contribution in [0, 0.1) is 25.2 Å². The molecule has 2 aromatic carbocycles. The third-order valence-corrected chi connectivity index (χ3v) is 10.7. The molecule has 0 radical (unpaired) electrons. The minimum absolute atomic E-state index is 0.0136. The number of alkyl carbamates (subject to hydrolysis) is 1. The number of benzene rings is 2. The molecule has 6 rings (SSSR count). The summed E-state index contributed by atoms with van der Waals surface area (Å²) in [7, 11) is 5.14. The summed E-state index contributed by atoms with van der Waals surface area (Å²) in [6, 6.07) is 1.26. The van der Waals surface area contributed by atoms with E-state index < -0.39 is 47.9 Å². The van der Waals surface area contributed by atoms with E-state index in [9.17, 15) is 19.6 Å². The molecule has 4 heterocycles. The molecular formula is C40H51N5O11. The Morgan fingerprint density at radius 1 is 1.09 bits per heavy atom. The number of nitriles is 1. The minimum atomic E-state index is -0.966. The van der Waals surface area contributed by atoms with E-state index in [0.717, 1.165) is 16.7 Å². The van der Waals surface area contributed by atoms with E-state index in [0.29, 0.717) is 46.1 Å². The molecule has 6 atom stereocenters. The topological polar surface area (TPSA) is 179 Å². The Bertz CT molecular complexity index is 1940. The van der Waals surface area contributed by atoms with Crippen LogP contribution in [0.25, 0.3) is 0 Å². The zero-order chi connectivity index (χ0) is 40.6. The van der Waals surface area contributed by atoms with Gasteiger partial charge >= 0.3 is 12.2 Å². The molecule has 2 amide bonds. The number of nitrogens with one attached hydrogen (secondary N) is 2. The Kier molecular flexibility index (Phi) is 11.6. The predicted molar refractivity (Wildman–Crippen MR) is 201 cm³/mol. The first-order chi connectivity index (χ1) is 26.6. The maximum Gasteiger partial charge on any atom is 0.514 e. The van der Waals surface area contributed by atoms with Crippen LogP contribution in [-0.4, -0.2) is 106 Å². The lowest BCUT2D eigenvalue weighted by molar-refractivity contribution is -0.123. The van der Waals surface area contributed by atoms with Gasteiger partial charge in [0, 0.05) is 48.0 Å². The number of amides is 2. The number of nitrogens with zero attached hydrogens (tertiary/aromatic N) is 3. The van der Waals surface area contributed by atoms with Crippen molar-refractivity contribution in [2.24, 2.45) is 0 Å². The molecule has 4 aliphatic rings. The Morgan fingerprint density at radius 2 is 1.82 bits per heavy atom. The van der Waals surface area contributed by atoms with Crippen LogP contribution in [0.15, 0.2) is 18.7 Å². The zero-order valence-electron chi connectivity index (χ0n) is 33.4. The monoisotopic (exact) mass is 777 g/mol. The molecule has 2 bridgehead atoms. The number of hydrogen-bond acceptors (Lipinski definition) is 14. The highest BCUT2D eigenvalue weighted by molar-refractivity contribution is 5.85. The first-order valence-electron chi connectivity index (χ1n) is 18.5. The number of ether oxygens (including phenoxy) is 8. The van der Waals surface area contributed by atoms with Crippen molar-refractivity contribution in [1.82, 2.24) is 20.4 Å². The molecule has 1 saturated heterocycles. The molecule has 0 aromatic heterocycles. The second kappa shape index (κ2) is 16.1. The molecule has 0 spiro atoms. The Hall–Kier alpha value is -5.24. The van der Waals surface area contributed by atoms with E-state index in [-0.39, 0.29) is 51.0 Å². The molecule has 16 heteroatoms. The second-order valence-electron chi connectivity index (χ2n) is 15.3. The summed E-state index contributed by atoms with van der Waals surface area (Å²) in [5.41, 5.74) is 3.80. The molecule has 0 aliphatic carbocycles. The Labute approximate surface area is 326 Å². The van der Waals surface area contributed by atoms with Crippen molar-refractivity contribution in [2.45, 2.75) is 96.2 Å². The van der Waals surface area contributed by atoms with Crippen molar-refractivity contribution in [2.75, 3.05) is 48.0 Å². The molecule has 4 aliphatic heterocycles. The van der Waals surface area contributed by atoms with E-state index in [1.807, 2.05) is 14.0 Å². The van der Waals surface area contributed by atoms with Gasteiger partial charge in [0.25, 0.3) is 0 Å². The number of fused-ring (bicyclic) bond motifs is 9. The van der Waals surface area contributed by atoms with Crippen molar-refractivity contribution >= 4 is 18.2 Å². The summed E-state index contributed by atoms with van der Waals surface area (Å²) in [5.74, 6) is 1.69. The van der Waals surface area contributed by atoms with Crippen LogP contribution in [0.5, 0.6) is 28.7 Å². The van der Waals surface area contributed by atoms with E-state index in [1.165, 1.54) is 6.08 Å². The van der Waals surface area contributed by atoms with Gasteiger partial charge in [-0.05, 0) is 72.6 Å². The van der Waals surface area contributed by atoms with Crippen LogP contribution in [0.1, 0.15) is 73.2 Å². The molecule has 2 aromatic rings. The van der Waals surface area contributed by atoms with Crippen molar-refractivity contribution in [1.29, 1.82) is 5.26 Å².